The summed E-state index contributed by atoms with van der Waals surface area (Å²) in [5.41, 5.74) is 1.91. The van der Waals surface area contributed by atoms with Gasteiger partial charge in [-0.1, -0.05) is 23.3 Å². The molecule has 1 aliphatic carbocycles. The molecule has 1 fully saturated rings. The summed E-state index contributed by atoms with van der Waals surface area (Å²) < 4.78 is 6.12. The number of carbonyl (C=O) groups excluding carboxylic acids is 2. The van der Waals surface area contributed by atoms with Crippen molar-refractivity contribution >= 4 is 23.4 Å². The number of amides is 2. The number of allylic oxidation sites excluding steroid dienone is 1. The van der Waals surface area contributed by atoms with E-state index in [9.17, 15) is 9.59 Å². The molecule has 0 spiro atoms. The summed E-state index contributed by atoms with van der Waals surface area (Å²) in [6.07, 6.45) is 9.52. The van der Waals surface area contributed by atoms with E-state index in [-0.39, 0.29) is 17.9 Å². The van der Waals surface area contributed by atoms with E-state index in [0.717, 1.165) is 32.1 Å². The van der Waals surface area contributed by atoms with E-state index in [4.69, 9.17) is 16.3 Å². The molecular formula is C22H29ClN2O3. The maximum absolute atomic E-state index is 12.7. The highest BCUT2D eigenvalue weighted by Crippen LogP contribution is 2.26. The molecule has 1 aromatic rings. The van der Waals surface area contributed by atoms with E-state index in [0.29, 0.717) is 36.0 Å². The lowest BCUT2D eigenvalue weighted by molar-refractivity contribution is -0.130. The number of piperidine rings is 1. The molecule has 0 bridgehead atoms. The molecule has 152 valence electrons. The van der Waals surface area contributed by atoms with Gasteiger partial charge in [-0.15, -0.1) is 0 Å². The Kier molecular flexibility index (Phi) is 7.37. The molecule has 0 saturated carbocycles. The Labute approximate surface area is 172 Å². The zero-order valence-electron chi connectivity index (χ0n) is 16.5. The molecule has 0 atom stereocenters. The molecule has 3 rings (SSSR count). The van der Waals surface area contributed by atoms with Crippen molar-refractivity contribution in [1.82, 2.24) is 10.2 Å². The molecule has 5 nitrogen and oxygen atoms in total. The quantitative estimate of drug-likeness (QED) is 0.717. The minimum atomic E-state index is -0.157. The van der Waals surface area contributed by atoms with Gasteiger partial charge in [-0.2, -0.15) is 0 Å². The molecule has 2 aliphatic rings. The van der Waals surface area contributed by atoms with Crippen molar-refractivity contribution in [3.8, 4) is 5.75 Å². The van der Waals surface area contributed by atoms with Crippen LogP contribution in [0, 0.1) is 0 Å². The van der Waals surface area contributed by atoms with Crippen molar-refractivity contribution in [1.29, 1.82) is 0 Å². The van der Waals surface area contributed by atoms with Crippen molar-refractivity contribution in [2.45, 2.75) is 58.0 Å². The summed E-state index contributed by atoms with van der Waals surface area (Å²) >= 11 is 6.12. The molecular weight excluding hydrogens is 376 g/mol. The summed E-state index contributed by atoms with van der Waals surface area (Å²) in [4.78, 5) is 26.0. The molecule has 0 unspecified atom stereocenters. The monoisotopic (exact) mass is 404 g/mol. The number of rotatable bonds is 6. The topological polar surface area (TPSA) is 58.6 Å². The average Bonchev–Trinajstić information content (AvgIpc) is 2.70. The van der Waals surface area contributed by atoms with E-state index in [2.05, 4.69) is 11.4 Å². The molecule has 2 amide bonds. The Morgan fingerprint density at radius 3 is 2.71 bits per heavy atom. The summed E-state index contributed by atoms with van der Waals surface area (Å²) in [5, 5.41) is 3.51. The highest BCUT2D eigenvalue weighted by Gasteiger charge is 2.24. The molecule has 1 N–H and O–H groups in total. The van der Waals surface area contributed by atoms with Crippen molar-refractivity contribution in [2.75, 3.05) is 19.6 Å². The minimum Gasteiger partial charge on any atom is -0.489 e. The third-order valence-electron chi connectivity index (χ3n) is 5.48. The first-order valence-corrected chi connectivity index (χ1v) is 10.6. The number of nitrogens with zero attached hydrogens (tertiary/aromatic N) is 1. The highest BCUT2D eigenvalue weighted by atomic mass is 35.5. The highest BCUT2D eigenvalue weighted by molar-refractivity contribution is 6.31. The second-order valence-corrected chi connectivity index (χ2v) is 8.01. The maximum Gasteiger partial charge on any atom is 0.255 e. The van der Waals surface area contributed by atoms with Crippen LogP contribution in [0.25, 0.3) is 0 Å². The van der Waals surface area contributed by atoms with Crippen LogP contribution in [-0.2, 0) is 4.79 Å². The largest absolute Gasteiger partial charge is 0.489 e. The van der Waals surface area contributed by atoms with Gasteiger partial charge in [0.1, 0.15) is 11.9 Å². The lowest BCUT2D eigenvalue weighted by atomic mass is 9.97. The normalized spacial score (nSPS) is 17.8. The van der Waals surface area contributed by atoms with Crippen LogP contribution < -0.4 is 10.1 Å². The average molecular weight is 405 g/mol. The minimum absolute atomic E-state index is 0.00396. The molecule has 28 heavy (non-hydrogen) atoms. The van der Waals surface area contributed by atoms with Crippen LogP contribution in [0.3, 0.4) is 0 Å². The summed E-state index contributed by atoms with van der Waals surface area (Å²) in [7, 11) is 0. The smallest absolute Gasteiger partial charge is 0.255 e. The number of likely N-dealkylation sites (tertiary alicyclic amines) is 1. The molecule has 1 aromatic carbocycles. The van der Waals surface area contributed by atoms with Crippen LogP contribution in [0.1, 0.15) is 62.2 Å². The standard InChI is InChI=1S/C22H29ClN2O3/c1-16(26)25-13-10-19(11-14-25)28-21-8-7-18(23)15-20(21)22(27)24-12-9-17-5-3-2-4-6-17/h5,7-8,15,19H,2-4,6,9-14H2,1H3,(H,24,27). The van der Waals surface area contributed by atoms with Gasteiger partial charge < -0.3 is 15.0 Å². The summed E-state index contributed by atoms with van der Waals surface area (Å²) in [6, 6.07) is 5.17. The van der Waals surface area contributed by atoms with Gasteiger partial charge in [0.25, 0.3) is 5.91 Å². The van der Waals surface area contributed by atoms with E-state index in [1.807, 2.05) is 4.90 Å². The van der Waals surface area contributed by atoms with Gasteiger partial charge in [-0.05, 0) is 50.3 Å². The van der Waals surface area contributed by atoms with Gasteiger partial charge in [-0.25, -0.2) is 0 Å². The third-order valence-corrected chi connectivity index (χ3v) is 5.72. The zero-order chi connectivity index (χ0) is 19.9. The van der Waals surface area contributed by atoms with Crippen molar-refractivity contribution < 1.29 is 14.3 Å². The lowest BCUT2D eigenvalue weighted by Gasteiger charge is -2.31. The van der Waals surface area contributed by atoms with Crippen LogP contribution in [0.15, 0.2) is 29.8 Å². The van der Waals surface area contributed by atoms with Crippen LogP contribution in [0.5, 0.6) is 5.75 Å². The molecule has 1 aliphatic heterocycles. The first kappa shape index (κ1) is 20.7. The van der Waals surface area contributed by atoms with E-state index >= 15 is 0 Å². The van der Waals surface area contributed by atoms with Gasteiger partial charge in [0.2, 0.25) is 5.91 Å². The Balaban J connectivity index is 1.58. The fourth-order valence-electron chi connectivity index (χ4n) is 3.81. The fourth-order valence-corrected chi connectivity index (χ4v) is 3.99. The number of carbonyl (C=O) groups is 2. The van der Waals surface area contributed by atoms with Crippen molar-refractivity contribution in [2.24, 2.45) is 0 Å². The number of nitrogens with one attached hydrogen (secondary N) is 1. The molecule has 1 saturated heterocycles. The van der Waals surface area contributed by atoms with Gasteiger partial charge in [0, 0.05) is 44.4 Å². The first-order chi connectivity index (χ1) is 13.5. The summed E-state index contributed by atoms with van der Waals surface area (Å²) in [5.74, 6) is 0.494. The SMILES string of the molecule is CC(=O)N1CCC(Oc2ccc(Cl)cc2C(=O)NCCC2=CCCCC2)CC1. The van der Waals surface area contributed by atoms with Crippen LogP contribution in [-0.4, -0.2) is 42.5 Å². The van der Waals surface area contributed by atoms with E-state index < -0.39 is 0 Å². The van der Waals surface area contributed by atoms with Gasteiger partial charge in [0.15, 0.2) is 0 Å². The maximum atomic E-state index is 12.7. The Hall–Kier alpha value is -2.01. The van der Waals surface area contributed by atoms with Gasteiger partial charge >= 0.3 is 0 Å². The molecule has 1 heterocycles. The first-order valence-electron chi connectivity index (χ1n) is 10.2. The second kappa shape index (κ2) is 9.97. The number of hydrogen-bond acceptors (Lipinski definition) is 3. The number of ether oxygens (including phenoxy) is 1. The van der Waals surface area contributed by atoms with Crippen LogP contribution >= 0.6 is 11.6 Å². The van der Waals surface area contributed by atoms with E-state index in [1.165, 1.54) is 18.4 Å². The van der Waals surface area contributed by atoms with E-state index in [1.54, 1.807) is 25.1 Å². The zero-order valence-corrected chi connectivity index (χ0v) is 17.3. The Bertz CT molecular complexity index is 739. The number of halogens is 1. The molecule has 6 heteroatoms. The second-order valence-electron chi connectivity index (χ2n) is 7.58. The predicted molar refractivity (Wildman–Crippen MR) is 111 cm³/mol. The predicted octanol–water partition coefficient (Wildman–Crippen LogP) is 4.35. The van der Waals surface area contributed by atoms with Crippen molar-refractivity contribution in [3.63, 3.8) is 0 Å². The van der Waals surface area contributed by atoms with Gasteiger partial charge in [0.05, 0.1) is 5.56 Å². The van der Waals surface area contributed by atoms with Gasteiger partial charge in [-0.3, -0.25) is 9.59 Å². The Morgan fingerprint density at radius 1 is 1.25 bits per heavy atom. The molecule has 0 radical (unpaired) electrons. The fraction of sp³-hybridized carbons (Fsp3) is 0.545. The van der Waals surface area contributed by atoms with Crippen LogP contribution in [0.2, 0.25) is 5.02 Å². The van der Waals surface area contributed by atoms with Crippen molar-refractivity contribution in [3.05, 3.63) is 40.4 Å². The van der Waals surface area contributed by atoms with Crippen LogP contribution in [0.4, 0.5) is 0 Å². The lowest BCUT2D eigenvalue weighted by Crippen LogP contribution is -2.40. The Morgan fingerprint density at radius 2 is 2.04 bits per heavy atom. The number of hydrogen-bond donors (Lipinski definition) is 1. The summed E-state index contributed by atoms with van der Waals surface area (Å²) in [6.45, 7) is 3.58. The number of benzene rings is 1. The third kappa shape index (κ3) is 5.74. The molecule has 0 aromatic heterocycles.